The largest absolute Gasteiger partial charge is 0.380 e. The number of ether oxygens (including phenoxy) is 1. The van der Waals surface area contributed by atoms with Gasteiger partial charge in [0.15, 0.2) is 0 Å². The fourth-order valence-corrected chi connectivity index (χ4v) is 0.630. The maximum absolute atomic E-state index is 7.23. The maximum Gasteiger partial charge on any atom is 0.122 e. The first-order chi connectivity index (χ1) is 4.24. The summed E-state index contributed by atoms with van der Waals surface area (Å²) in [6.07, 6.45) is 0.769. The second kappa shape index (κ2) is 2.28. The summed E-state index contributed by atoms with van der Waals surface area (Å²) >= 11 is 0. The number of rotatable bonds is 1. The Morgan fingerprint density at radius 3 is 3.29 bits per heavy atom. The van der Waals surface area contributed by atoms with E-state index < -0.39 is 0 Å². The molecule has 1 aliphatic heterocycles. The van der Waals surface area contributed by atoms with Gasteiger partial charge in [-0.25, -0.2) is 0 Å². The topological polar surface area (TPSA) is 21.3 Å². The van der Waals surface area contributed by atoms with E-state index in [1.165, 1.54) is 5.31 Å². The molecular weight excluding hydrogens is 90.1 g/mol. The lowest BCUT2D eigenvalue weighted by atomic mass is 10.3. The molecule has 1 fully saturated rings. The molecule has 0 spiro atoms. The number of methoxy groups -OCH3 is 1. The van der Waals surface area contributed by atoms with Gasteiger partial charge in [0.1, 0.15) is 1.41 Å². The standard InChI is InChI=1S/C5H11NO/c1-7-5-2-3-6-4-5/h5-6H,2-4H2,1H3/t5-/m1/s1/i3D/hD/t3-,5-. The molecule has 0 radical (unpaired) electrons. The third-order valence-corrected chi connectivity index (χ3v) is 1.14. The van der Waals surface area contributed by atoms with Crippen molar-refractivity contribution in [2.24, 2.45) is 0 Å². The van der Waals surface area contributed by atoms with E-state index in [0.29, 0.717) is 13.0 Å². The zero-order valence-corrected chi connectivity index (χ0v) is 4.42. The highest BCUT2D eigenvalue weighted by atomic mass is 16.5. The minimum Gasteiger partial charge on any atom is -0.380 e. The molecule has 1 heterocycles. The Morgan fingerprint density at radius 1 is 2.14 bits per heavy atom. The van der Waals surface area contributed by atoms with Crippen LogP contribution in [-0.2, 0) is 4.74 Å². The van der Waals surface area contributed by atoms with Gasteiger partial charge in [-0.2, -0.15) is 0 Å². The van der Waals surface area contributed by atoms with Gasteiger partial charge < -0.3 is 10.0 Å². The minimum atomic E-state index is -0.380. The average molecular weight is 103 g/mol. The van der Waals surface area contributed by atoms with Gasteiger partial charge in [-0.3, -0.25) is 0 Å². The highest BCUT2D eigenvalue weighted by Crippen LogP contribution is 1.99. The van der Waals surface area contributed by atoms with Gasteiger partial charge in [0.05, 0.1) is 6.10 Å². The first-order valence-electron chi connectivity index (χ1n) is 3.47. The van der Waals surface area contributed by atoms with Gasteiger partial charge in [-0.15, -0.1) is 0 Å². The van der Waals surface area contributed by atoms with Gasteiger partial charge in [0, 0.05) is 15.0 Å². The first-order valence-corrected chi connectivity index (χ1v) is 2.44. The Bertz CT molecular complexity index is 91.0. The normalized spacial score (nSPS) is 48.7. The van der Waals surface area contributed by atoms with Crippen LogP contribution in [0.1, 0.15) is 7.79 Å². The van der Waals surface area contributed by atoms with E-state index in [0.717, 1.165) is 0 Å². The third kappa shape index (κ3) is 1.14. The molecule has 1 saturated heterocycles. The molecule has 0 aromatic rings. The number of hydrogen-bond donors (Lipinski definition) is 1. The van der Waals surface area contributed by atoms with Gasteiger partial charge in [-0.05, 0) is 12.9 Å². The quantitative estimate of drug-likeness (QED) is 0.504. The van der Waals surface area contributed by atoms with Gasteiger partial charge in [0.2, 0.25) is 0 Å². The molecule has 7 heavy (non-hydrogen) atoms. The number of nitrogens with one attached hydrogen (secondary N) is 1. The lowest BCUT2D eigenvalue weighted by molar-refractivity contribution is 0.119. The summed E-state index contributed by atoms with van der Waals surface area (Å²) < 4.78 is 19.3. The molecule has 0 aromatic heterocycles. The second-order valence-electron chi connectivity index (χ2n) is 1.64. The van der Waals surface area contributed by atoms with Crippen LogP contribution in [0.25, 0.3) is 0 Å². The highest BCUT2D eigenvalue weighted by Gasteiger charge is 2.11. The van der Waals surface area contributed by atoms with E-state index >= 15 is 0 Å². The van der Waals surface area contributed by atoms with Crippen molar-refractivity contribution >= 4 is 0 Å². The molecule has 2 nitrogen and oxygen atoms in total. The molecular formula is C5H11NO. The van der Waals surface area contributed by atoms with Gasteiger partial charge >= 0.3 is 0 Å². The molecule has 0 saturated carbocycles. The molecule has 0 aromatic carbocycles. The molecule has 1 rings (SSSR count). The monoisotopic (exact) mass is 103 g/mol. The van der Waals surface area contributed by atoms with Crippen molar-refractivity contribution in [1.82, 2.24) is 5.31 Å². The Kier molecular flexibility index (Phi) is 0.995. The molecule has 1 N–H and O–H groups in total. The Labute approximate surface area is 46.7 Å². The lowest BCUT2D eigenvalue weighted by Gasteiger charge is -2.01. The SMILES string of the molecule is [2H][C@@H]1C[C@@H](OC)CN1[2H]. The van der Waals surface area contributed by atoms with Crippen LogP contribution in [-0.4, -0.2) is 26.3 Å². The van der Waals surface area contributed by atoms with Crippen LogP contribution in [0.5, 0.6) is 0 Å². The molecule has 0 unspecified atom stereocenters. The van der Waals surface area contributed by atoms with Crippen molar-refractivity contribution in [2.75, 3.05) is 20.2 Å². The second-order valence-corrected chi connectivity index (χ2v) is 1.64. The molecule has 2 atom stereocenters. The third-order valence-electron chi connectivity index (χ3n) is 1.14. The summed E-state index contributed by atoms with van der Waals surface area (Å²) in [5, 5.41) is 1.24. The van der Waals surface area contributed by atoms with Crippen LogP contribution in [0, 0.1) is 0 Å². The molecule has 0 aliphatic carbocycles. The van der Waals surface area contributed by atoms with Crippen LogP contribution in [0.4, 0.5) is 0 Å². The summed E-state index contributed by atoms with van der Waals surface area (Å²) in [4.78, 5) is 0. The van der Waals surface area contributed by atoms with E-state index in [9.17, 15) is 0 Å². The van der Waals surface area contributed by atoms with Crippen LogP contribution < -0.4 is 5.31 Å². The van der Waals surface area contributed by atoms with E-state index in [-0.39, 0.29) is 12.6 Å². The van der Waals surface area contributed by atoms with Crippen LogP contribution in [0.2, 0.25) is 1.41 Å². The number of hydrogen-bond acceptors (Lipinski definition) is 2. The predicted molar refractivity (Wildman–Crippen MR) is 28.3 cm³/mol. The van der Waals surface area contributed by atoms with Crippen molar-refractivity contribution in [3.8, 4) is 0 Å². The lowest BCUT2D eigenvalue weighted by Crippen LogP contribution is -2.14. The Morgan fingerprint density at radius 2 is 3.00 bits per heavy atom. The first kappa shape index (κ1) is 3.05. The van der Waals surface area contributed by atoms with Crippen molar-refractivity contribution in [1.29, 1.82) is 0 Å². The van der Waals surface area contributed by atoms with E-state index in [2.05, 4.69) is 0 Å². The van der Waals surface area contributed by atoms with Crippen molar-refractivity contribution in [2.45, 2.75) is 12.5 Å². The fourth-order valence-electron chi connectivity index (χ4n) is 0.630. The predicted octanol–water partition coefficient (Wildman–Crippen LogP) is -0.00530. The summed E-state index contributed by atoms with van der Waals surface area (Å²) in [7, 11) is 1.62. The van der Waals surface area contributed by atoms with E-state index in [1.807, 2.05) is 0 Å². The smallest absolute Gasteiger partial charge is 0.122 e. The van der Waals surface area contributed by atoms with Gasteiger partial charge in [0.25, 0.3) is 0 Å². The van der Waals surface area contributed by atoms with E-state index in [4.69, 9.17) is 7.52 Å². The molecule has 0 amide bonds. The molecule has 0 bridgehead atoms. The van der Waals surface area contributed by atoms with Crippen molar-refractivity contribution in [3.05, 3.63) is 0 Å². The fraction of sp³-hybridized carbons (Fsp3) is 1.00. The molecule has 1 aliphatic rings. The van der Waals surface area contributed by atoms with Crippen LogP contribution in [0.3, 0.4) is 0 Å². The minimum absolute atomic E-state index is 0.102. The zero-order valence-electron chi connectivity index (χ0n) is 6.42. The summed E-state index contributed by atoms with van der Waals surface area (Å²) in [5.41, 5.74) is 0. The molecule has 42 valence electrons. The highest BCUT2D eigenvalue weighted by molar-refractivity contribution is 4.69. The zero-order chi connectivity index (χ0) is 6.85. The average Bonchev–Trinajstić information content (AvgIpc) is 2.13. The van der Waals surface area contributed by atoms with Gasteiger partial charge in [-0.1, -0.05) is 0 Å². The summed E-state index contributed by atoms with van der Waals surface area (Å²) in [5.74, 6) is 0. The Balaban J connectivity index is 2.35. The summed E-state index contributed by atoms with van der Waals surface area (Å²) in [6.45, 7) is 0.194. The molecule has 2 heteroatoms. The maximum atomic E-state index is 7.23. The van der Waals surface area contributed by atoms with Crippen LogP contribution in [0.15, 0.2) is 0 Å². The van der Waals surface area contributed by atoms with Crippen LogP contribution >= 0.6 is 0 Å². The Hall–Kier alpha value is -0.0800. The van der Waals surface area contributed by atoms with E-state index in [1.54, 1.807) is 7.11 Å². The summed E-state index contributed by atoms with van der Waals surface area (Å²) in [6, 6.07) is 0. The van der Waals surface area contributed by atoms with Crippen molar-refractivity contribution in [3.63, 3.8) is 0 Å². The van der Waals surface area contributed by atoms with Crippen molar-refractivity contribution < 1.29 is 7.52 Å².